The number of anilines is 1. The summed E-state index contributed by atoms with van der Waals surface area (Å²) in [5, 5.41) is 0. The highest BCUT2D eigenvalue weighted by molar-refractivity contribution is 7.89. The van der Waals surface area contributed by atoms with Crippen molar-refractivity contribution in [3.05, 3.63) is 60.2 Å². The van der Waals surface area contributed by atoms with E-state index in [2.05, 4.69) is 4.72 Å². The number of hydrogen-bond acceptors (Lipinski definition) is 3. The van der Waals surface area contributed by atoms with Crippen molar-refractivity contribution < 1.29 is 8.42 Å². The highest BCUT2D eigenvalue weighted by Crippen LogP contribution is 2.12. The Balaban J connectivity index is 2.14. The minimum absolute atomic E-state index is 0.184. The lowest BCUT2D eigenvalue weighted by Gasteiger charge is -2.08. The predicted molar refractivity (Wildman–Crippen MR) is 71.3 cm³/mol. The predicted octanol–water partition coefficient (Wildman–Crippen LogP) is 1.75. The smallest absolute Gasteiger partial charge is 0.240 e. The summed E-state index contributed by atoms with van der Waals surface area (Å²) in [6, 6.07) is 15.4. The lowest BCUT2D eigenvalue weighted by molar-refractivity contribution is 0.581. The minimum Gasteiger partial charge on any atom is -0.398 e. The zero-order valence-corrected chi connectivity index (χ0v) is 10.5. The molecular weight excluding hydrogens is 248 g/mol. The Morgan fingerprint density at radius 1 is 0.944 bits per heavy atom. The van der Waals surface area contributed by atoms with E-state index in [0.717, 1.165) is 5.56 Å². The van der Waals surface area contributed by atoms with Gasteiger partial charge in [0, 0.05) is 12.2 Å². The molecule has 0 spiro atoms. The van der Waals surface area contributed by atoms with E-state index in [1.807, 2.05) is 12.1 Å². The van der Waals surface area contributed by atoms with E-state index >= 15 is 0 Å². The SMILES string of the molecule is Nc1ccccc1CNS(=O)(=O)c1ccccc1. The third-order valence-corrected chi connectivity index (χ3v) is 3.98. The molecule has 0 atom stereocenters. The van der Waals surface area contributed by atoms with Gasteiger partial charge in [0.2, 0.25) is 10.0 Å². The second kappa shape index (κ2) is 5.20. The number of para-hydroxylation sites is 1. The van der Waals surface area contributed by atoms with E-state index in [9.17, 15) is 8.42 Å². The molecule has 5 heteroatoms. The first kappa shape index (κ1) is 12.6. The van der Waals surface area contributed by atoms with Crippen molar-refractivity contribution in [1.29, 1.82) is 0 Å². The average Bonchev–Trinajstić information content (AvgIpc) is 2.39. The molecule has 2 aromatic rings. The maximum absolute atomic E-state index is 12.0. The van der Waals surface area contributed by atoms with Gasteiger partial charge in [0.15, 0.2) is 0 Å². The Morgan fingerprint density at radius 2 is 1.56 bits per heavy atom. The van der Waals surface area contributed by atoms with Crippen LogP contribution < -0.4 is 10.5 Å². The van der Waals surface area contributed by atoms with Crippen molar-refractivity contribution in [3.8, 4) is 0 Å². The van der Waals surface area contributed by atoms with Gasteiger partial charge in [0.05, 0.1) is 4.90 Å². The molecular formula is C13H14N2O2S. The number of nitrogens with one attached hydrogen (secondary N) is 1. The maximum atomic E-state index is 12.0. The third kappa shape index (κ3) is 2.88. The summed E-state index contributed by atoms with van der Waals surface area (Å²) in [6.45, 7) is 0.184. The van der Waals surface area contributed by atoms with Crippen LogP contribution in [0.5, 0.6) is 0 Å². The highest BCUT2D eigenvalue weighted by atomic mass is 32.2. The maximum Gasteiger partial charge on any atom is 0.240 e. The number of hydrogen-bond donors (Lipinski definition) is 2. The van der Waals surface area contributed by atoms with Crippen molar-refractivity contribution in [3.63, 3.8) is 0 Å². The van der Waals surface area contributed by atoms with Crippen LogP contribution in [0.15, 0.2) is 59.5 Å². The molecule has 4 nitrogen and oxygen atoms in total. The summed E-state index contributed by atoms with van der Waals surface area (Å²) in [6.07, 6.45) is 0. The average molecular weight is 262 g/mol. The van der Waals surface area contributed by atoms with E-state index in [4.69, 9.17) is 5.73 Å². The summed E-state index contributed by atoms with van der Waals surface area (Å²) in [7, 11) is -3.48. The Morgan fingerprint density at radius 3 is 2.22 bits per heavy atom. The van der Waals surface area contributed by atoms with Gasteiger partial charge >= 0.3 is 0 Å². The van der Waals surface area contributed by atoms with E-state index in [1.54, 1.807) is 42.5 Å². The summed E-state index contributed by atoms with van der Waals surface area (Å²) in [4.78, 5) is 0.250. The minimum atomic E-state index is -3.48. The van der Waals surface area contributed by atoms with E-state index < -0.39 is 10.0 Å². The fraction of sp³-hybridized carbons (Fsp3) is 0.0769. The number of benzene rings is 2. The molecule has 18 heavy (non-hydrogen) atoms. The molecule has 94 valence electrons. The van der Waals surface area contributed by atoms with Crippen LogP contribution in [-0.2, 0) is 16.6 Å². The Hall–Kier alpha value is -1.85. The zero-order chi connectivity index (χ0) is 13.0. The van der Waals surface area contributed by atoms with Gasteiger partial charge in [0.1, 0.15) is 0 Å². The van der Waals surface area contributed by atoms with Crippen molar-refractivity contribution in [1.82, 2.24) is 4.72 Å². The summed E-state index contributed by atoms with van der Waals surface area (Å²) >= 11 is 0. The lowest BCUT2D eigenvalue weighted by Crippen LogP contribution is -2.23. The topological polar surface area (TPSA) is 72.2 Å². The quantitative estimate of drug-likeness (QED) is 0.824. The van der Waals surface area contributed by atoms with E-state index in [0.29, 0.717) is 5.69 Å². The molecule has 0 saturated heterocycles. The Kier molecular flexibility index (Phi) is 3.64. The molecule has 3 N–H and O–H groups in total. The fourth-order valence-corrected chi connectivity index (χ4v) is 2.58. The monoisotopic (exact) mass is 262 g/mol. The fourth-order valence-electron chi connectivity index (χ4n) is 1.55. The molecule has 0 unspecified atom stereocenters. The molecule has 2 aromatic carbocycles. The number of nitrogen functional groups attached to an aromatic ring is 1. The number of nitrogens with two attached hydrogens (primary N) is 1. The van der Waals surface area contributed by atoms with Gasteiger partial charge in [-0.1, -0.05) is 36.4 Å². The molecule has 2 rings (SSSR count). The van der Waals surface area contributed by atoms with Gasteiger partial charge in [-0.2, -0.15) is 0 Å². The lowest BCUT2D eigenvalue weighted by atomic mass is 10.2. The van der Waals surface area contributed by atoms with Gasteiger partial charge in [-0.3, -0.25) is 0 Å². The van der Waals surface area contributed by atoms with Gasteiger partial charge in [-0.25, -0.2) is 13.1 Å². The summed E-state index contributed by atoms with van der Waals surface area (Å²) < 4.78 is 26.5. The Labute approximate surface area is 107 Å². The van der Waals surface area contributed by atoms with Crippen molar-refractivity contribution in [2.24, 2.45) is 0 Å². The van der Waals surface area contributed by atoms with Gasteiger partial charge in [-0.15, -0.1) is 0 Å². The first-order valence-electron chi connectivity index (χ1n) is 5.48. The Bertz CT molecular complexity index is 624. The molecule has 0 saturated carbocycles. The van der Waals surface area contributed by atoms with E-state index in [-0.39, 0.29) is 11.4 Å². The molecule has 0 bridgehead atoms. The van der Waals surface area contributed by atoms with Crippen LogP contribution in [0.1, 0.15) is 5.56 Å². The van der Waals surface area contributed by atoms with Crippen LogP contribution in [0.2, 0.25) is 0 Å². The molecule has 0 aliphatic heterocycles. The molecule has 0 aromatic heterocycles. The molecule has 0 heterocycles. The van der Waals surface area contributed by atoms with Crippen molar-refractivity contribution >= 4 is 15.7 Å². The first-order valence-corrected chi connectivity index (χ1v) is 6.96. The summed E-state index contributed by atoms with van der Waals surface area (Å²) in [5.74, 6) is 0. The van der Waals surface area contributed by atoms with Crippen LogP contribution in [0.3, 0.4) is 0 Å². The highest BCUT2D eigenvalue weighted by Gasteiger charge is 2.13. The zero-order valence-electron chi connectivity index (χ0n) is 9.71. The molecule has 0 aliphatic carbocycles. The molecule has 0 fully saturated rings. The third-order valence-electron chi connectivity index (χ3n) is 2.56. The molecule has 0 aliphatic rings. The van der Waals surface area contributed by atoms with Crippen molar-refractivity contribution in [2.75, 3.05) is 5.73 Å². The second-order valence-electron chi connectivity index (χ2n) is 3.84. The van der Waals surface area contributed by atoms with Crippen LogP contribution in [0.25, 0.3) is 0 Å². The summed E-state index contributed by atoms with van der Waals surface area (Å²) in [5.41, 5.74) is 7.09. The van der Waals surface area contributed by atoms with Crippen LogP contribution >= 0.6 is 0 Å². The normalized spacial score (nSPS) is 11.3. The van der Waals surface area contributed by atoms with Crippen LogP contribution in [0, 0.1) is 0 Å². The second-order valence-corrected chi connectivity index (χ2v) is 5.60. The molecule has 0 radical (unpaired) electrons. The number of rotatable bonds is 4. The largest absolute Gasteiger partial charge is 0.398 e. The van der Waals surface area contributed by atoms with Crippen LogP contribution in [0.4, 0.5) is 5.69 Å². The first-order chi connectivity index (χ1) is 8.59. The van der Waals surface area contributed by atoms with Gasteiger partial charge < -0.3 is 5.73 Å². The van der Waals surface area contributed by atoms with Gasteiger partial charge in [0.25, 0.3) is 0 Å². The van der Waals surface area contributed by atoms with Gasteiger partial charge in [-0.05, 0) is 23.8 Å². The standard InChI is InChI=1S/C13H14N2O2S/c14-13-9-5-4-6-11(13)10-15-18(16,17)12-7-2-1-3-8-12/h1-9,15H,10,14H2. The van der Waals surface area contributed by atoms with Crippen LogP contribution in [-0.4, -0.2) is 8.42 Å². The van der Waals surface area contributed by atoms with E-state index in [1.165, 1.54) is 0 Å². The van der Waals surface area contributed by atoms with Crippen molar-refractivity contribution in [2.45, 2.75) is 11.4 Å². The molecule has 0 amide bonds. The number of sulfonamides is 1.